The fourth-order valence-corrected chi connectivity index (χ4v) is 2.90. The summed E-state index contributed by atoms with van der Waals surface area (Å²) in [5, 5.41) is 0.482. The van der Waals surface area contributed by atoms with Crippen LogP contribution in [0.1, 0.15) is 30.0 Å². The highest BCUT2D eigenvalue weighted by Gasteiger charge is 2.28. The molecule has 0 aliphatic carbocycles. The van der Waals surface area contributed by atoms with Crippen LogP contribution in [0.15, 0.2) is 48.7 Å². The van der Waals surface area contributed by atoms with Gasteiger partial charge in [-0.15, -0.1) is 0 Å². The number of aromatic nitrogens is 1. The van der Waals surface area contributed by atoms with Gasteiger partial charge < -0.3 is 0 Å². The molecule has 1 aromatic heterocycles. The van der Waals surface area contributed by atoms with Crippen molar-refractivity contribution in [1.82, 2.24) is 9.88 Å². The number of ketones is 1. The lowest BCUT2D eigenvalue weighted by Gasteiger charge is -2.35. The smallest absolute Gasteiger partial charge is 0.136 e. The number of carbonyl (C=O) groups excluding carboxylic acids is 1. The molecule has 0 amide bonds. The molecule has 1 aliphatic heterocycles. The normalized spacial score (nSPS) is 19.7. The van der Waals surface area contributed by atoms with Gasteiger partial charge in [-0.05, 0) is 17.2 Å². The van der Waals surface area contributed by atoms with Gasteiger partial charge in [-0.25, -0.2) is 4.98 Å². The summed E-state index contributed by atoms with van der Waals surface area (Å²) < 4.78 is 0. The summed E-state index contributed by atoms with van der Waals surface area (Å²) in [6, 6.07) is 14.2. The molecule has 0 saturated carbocycles. The lowest BCUT2D eigenvalue weighted by molar-refractivity contribution is -0.123. The van der Waals surface area contributed by atoms with Gasteiger partial charge in [0.05, 0.1) is 0 Å². The number of nitrogens with zero attached hydrogens (tertiary/aromatic N) is 2. The molecule has 1 aromatic carbocycles. The predicted molar refractivity (Wildman–Crippen MR) is 83.1 cm³/mol. The van der Waals surface area contributed by atoms with E-state index in [9.17, 15) is 4.79 Å². The summed E-state index contributed by atoms with van der Waals surface area (Å²) in [5.41, 5.74) is 2.32. The van der Waals surface area contributed by atoms with Crippen LogP contribution in [0.2, 0.25) is 5.15 Å². The SMILES string of the molecule is O=C1CCN(Cc2ccccc2)C(c2ccc(Cl)nc2)C1. The van der Waals surface area contributed by atoms with Crippen LogP contribution in [0, 0.1) is 0 Å². The van der Waals surface area contributed by atoms with Crippen LogP contribution in [0.3, 0.4) is 0 Å². The van der Waals surface area contributed by atoms with E-state index in [0.717, 1.165) is 18.7 Å². The molecule has 2 heterocycles. The largest absolute Gasteiger partial charge is 0.300 e. The van der Waals surface area contributed by atoms with Crippen molar-refractivity contribution >= 4 is 17.4 Å². The molecule has 4 heteroatoms. The van der Waals surface area contributed by atoms with Gasteiger partial charge in [0.25, 0.3) is 0 Å². The van der Waals surface area contributed by atoms with Gasteiger partial charge in [0, 0.05) is 38.2 Å². The molecule has 1 atom stereocenters. The number of hydrogen-bond acceptors (Lipinski definition) is 3. The molecule has 0 spiro atoms. The second-order valence-corrected chi connectivity index (χ2v) is 5.77. The lowest BCUT2D eigenvalue weighted by Crippen LogP contribution is -2.36. The van der Waals surface area contributed by atoms with Crippen molar-refractivity contribution in [2.45, 2.75) is 25.4 Å². The molecule has 1 unspecified atom stereocenters. The minimum atomic E-state index is 0.0937. The Morgan fingerprint density at radius 2 is 2.00 bits per heavy atom. The van der Waals surface area contributed by atoms with E-state index in [-0.39, 0.29) is 6.04 Å². The average molecular weight is 301 g/mol. The summed E-state index contributed by atoms with van der Waals surface area (Å²) in [4.78, 5) is 18.3. The van der Waals surface area contributed by atoms with Crippen molar-refractivity contribution < 1.29 is 4.79 Å². The van der Waals surface area contributed by atoms with Gasteiger partial charge in [-0.2, -0.15) is 0 Å². The third-order valence-electron chi connectivity index (χ3n) is 3.90. The topological polar surface area (TPSA) is 33.2 Å². The third kappa shape index (κ3) is 3.49. The van der Waals surface area contributed by atoms with Crippen molar-refractivity contribution in [2.24, 2.45) is 0 Å². The van der Waals surface area contributed by atoms with Crippen LogP contribution < -0.4 is 0 Å². The number of piperidine rings is 1. The molecular formula is C17H17ClN2O. The molecule has 108 valence electrons. The Kier molecular flexibility index (Phi) is 4.32. The number of pyridine rings is 1. The molecule has 0 N–H and O–H groups in total. The highest BCUT2D eigenvalue weighted by molar-refractivity contribution is 6.29. The molecule has 0 bridgehead atoms. The quantitative estimate of drug-likeness (QED) is 0.811. The zero-order valence-corrected chi connectivity index (χ0v) is 12.5. The van der Waals surface area contributed by atoms with Gasteiger partial charge in [-0.3, -0.25) is 9.69 Å². The van der Waals surface area contributed by atoms with E-state index in [1.54, 1.807) is 12.3 Å². The maximum Gasteiger partial charge on any atom is 0.136 e. The number of Topliss-reactive ketones (excluding diaryl/α,β-unsaturated/α-hetero) is 1. The fourth-order valence-electron chi connectivity index (χ4n) is 2.79. The van der Waals surface area contributed by atoms with E-state index < -0.39 is 0 Å². The summed E-state index contributed by atoms with van der Waals surface area (Å²) >= 11 is 5.85. The number of carbonyl (C=O) groups is 1. The van der Waals surface area contributed by atoms with Crippen molar-refractivity contribution in [3.05, 3.63) is 64.9 Å². The second-order valence-electron chi connectivity index (χ2n) is 5.38. The van der Waals surface area contributed by atoms with E-state index in [0.29, 0.717) is 23.8 Å². The number of benzene rings is 1. The summed E-state index contributed by atoms with van der Waals surface area (Å²) in [6.45, 7) is 1.64. The summed E-state index contributed by atoms with van der Waals surface area (Å²) in [7, 11) is 0. The molecule has 0 radical (unpaired) electrons. The molecule has 1 aliphatic rings. The van der Waals surface area contributed by atoms with Crippen LogP contribution >= 0.6 is 11.6 Å². The van der Waals surface area contributed by atoms with Gasteiger partial charge in [0.1, 0.15) is 10.9 Å². The van der Waals surface area contributed by atoms with Gasteiger partial charge in [0.2, 0.25) is 0 Å². The Morgan fingerprint density at radius 3 is 2.71 bits per heavy atom. The summed E-state index contributed by atoms with van der Waals surface area (Å²) in [5.74, 6) is 0.319. The highest BCUT2D eigenvalue weighted by Crippen LogP contribution is 2.30. The molecule has 2 aromatic rings. The van der Waals surface area contributed by atoms with E-state index in [1.807, 2.05) is 24.3 Å². The van der Waals surface area contributed by atoms with E-state index in [1.165, 1.54) is 5.56 Å². The zero-order valence-electron chi connectivity index (χ0n) is 11.7. The molecule has 3 rings (SSSR count). The van der Waals surface area contributed by atoms with Crippen molar-refractivity contribution in [3.63, 3.8) is 0 Å². The standard InChI is InChI=1S/C17H17ClN2O/c18-17-7-6-14(11-19-17)16-10-15(21)8-9-20(16)12-13-4-2-1-3-5-13/h1-7,11,16H,8-10,12H2. The third-order valence-corrected chi connectivity index (χ3v) is 4.13. The zero-order chi connectivity index (χ0) is 14.7. The average Bonchev–Trinajstić information content (AvgIpc) is 2.51. The first-order chi connectivity index (χ1) is 10.2. The van der Waals surface area contributed by atoms with Crippen molar-refractivity contribution in [1.29, 1.82) is 0 Å². The van der Waals surface area contributed by atoms with Crippen LogP contribution in [0.4, 0.5) is 0 Å². The molecule has 3 nitrogen and oxygen atoms in total. The van der Waals surface area contributed by atoms with Gasteiger partial charge in [-0.1, -0.05) is 48.0 Å². The van der Waals surface area contributed by atoms with E-state index in [2.05, 4.69) is 22.0 Å². The minimum Gasteiger partial charge on any atom is -0.300 e. The highest BCUT2D eigenvalue weighted by atomic mass is 35.5. The number of likely N-dealkylation sites (tertiary alicyclic amines) is 1. The Hall–Kier alpha value is -1.71. The van der Waals surface area contributed by atoms with Crippen molar-refractivity contribution in [2.75, 3.05) is 6.54 Å². The lowest BCUT2D eigenvalue weighted by atomic mass is 9.95. The van der Waals surface area contributed by atoms with Gasteiger partial charge in [0.15, 0.2) is 0 Å². The first-order valence-electron chi connectivity index (χ1n) is 7.13. The number of hydrogen-bond donors (Lipinski definition) is 0. The van der Waals surface area contributed by atoms with Gasteiger partial charge >= 0.3 is 0 Å². The summed E-state index contributed by atoms with van der Waals surface area (Å²) in [6.07, 6.45) is 2.96. The number of halogens is 1. The van der Waals surface area contributed by atoms with Crippen LogP contribution in [-0.4, -0.2) is 22.2 Å². The Morgan fingerprint density at radius 1 is 1.19 bits per heavy atom. The molecule has 1 fully saturated rings. The number of rotatable bonds is 3. The molecular weight excluding hydrogens is 284 g/mol. The molecule has 21 heavy (non-hydrogen) atoms. The van der Waals surface area contributed by atoms with Crippen LogP contribution in [0.25, 0.3) is 0 Å². The van der Waals surface area contributed by atoms with Crippen LogP contribution in [0.5, 0.6) is 0 Å². The van der Waals surface area contributed by atoms with Crippen LogP contribution in [-0.2, 0) is 11.3 Å². The van der Waals surface area contributed by atoms with E-state index >= 15 is 0 Å². The second kappa shape index (κ2) is 6.37. The first kappa shape index (κ1) is 14.2. The first-order valence-corrected chi connectivity index (χ1v) is 7.51. The minimum absolute atomic E-state index is 0.0937. The van der Waals surface area contributed by atoms with E-state index in [4.69, 9.17) is 11.6 Å². The Bertz CT molecular complexity index is 612. The monoisotopic (exact) mass is 300 g/mol. The van der Waals surface area contributed by atoms with Crippen molar-refractivity contribution in [3.8, 4) is 0 Å². The molecule has 1 saturated heterocycles. The predicted octanol–water partition coefficient (Wildman–Crippen LogP) is 3.64. The maximum atomic E-state index is 11.8. The fraction of sp³-hybridized carbons (Fsp3) is 0.294. The Balaban J connectivity index is 1.83. The Labute approximate surface area is 129 Å². The maximum absolute atomic E-state index is 11.8.